The van der Waals surface area contributed by atoms with Crippen molar-refractivity contribution in [1.82, 2.24) is 14.5 Å². The molecule has 1 aliphatic rings. The second-order valence-corrected chi connectivity index (χ2v) is 10.1. The summed E-state index contributed by atoms with van der Waals surface area (Å²) < 4.78 is 6.77. The maximum atomic E-state index is 13.9. The molecule has 2 heterocycles. The zero-order valence-electron chi connectivity index (χ0n) is 20.1. The zero-order chi connectivity index (χ0) is 24.4. The lowest BCUT2D eigenvalue weighted by Gasteiger charge is -2.23. The van der Waals surface area contributed by atoms with Gasteiger partial charge in [0.2, 0.25) is 5.91 Å². The lowest BCUT2D eigenvalue weighted by Crippen LogP contribution is -2.37. The number of fused-ring (bicyclic) bond motifs is 3. The summed E-state index contributed by atoms with van der Waals surface area (Å²) in [5.74, 6) is 0.854. The smallest absolute Gasteiger partial charge is 0.263 e. The van der Waals surface area contributed by atoms with Crippen molar-refractivity contribution in [2.24, 2.45) is 0 Å². The number of aromatic nitrogens is 2. The van der Waals surface area contributed by atoms with E-state index in [4.69, 9.17) is 21.3 Å². The van der Waals surface area contributed by atoms with Gasteiger partial charge in [-0.15, -0.1) is 11.3 Å². The monoisotopic (exact) mass is 502 g/mol. The number of hydrogen-bond acceptors (Lipinski definition) is 6. The Labute approximate surface area is 208 Å². The van der Waals surface area contributed by atoms with E-state index in [0.717, 1.165) is 49.2 Å². The number of nitrogens with zero attached hydrogens (tertiary/aromatic N) is 3. The van der Waals surface area contributed by atoms with Gasteiger partial charge < -0.3 is 10.1 Å². The van der Waals surface area contributed by atoms with E-state index in [1.165, 1.54) is 12.0 Å². The molecule has 0 spiro atoms. The molecule has 182 valence electrons. The van der Waals surface area contributed by atoms with Crippen LogP contribution in [0.4, 0.5) is 5.69 Å². The van der Waals surface area contributed by atoms with Crippen LogP contribution < -0.4 is 15.6 Å². The molecule has 0 fully saturated rings. The van der Waals surface area contributed by atoms with Crippen molar-refractivity contribution >= 4 is 44.7 Å². The van der Waals surface area contributed by atoms with Crippen LogP contribution in [0.1, 0.15) is 55.9 Å². The molecular formula is C25H31ClN4O3S. The number of ether oxygens (including phenoxy) is 1. The van der Waals surface area contributed by atoms with Gasteiger partial charge in [0.15, 0.2) is 0 Å². The molecule has 1 atom stereocenters. The van der Waals surface area contributed by atoms with E-state index < -0.39 is 6.04 Å². The standard InChI is InChI=1S/C25H31ClN4O3S/c1-5-29(6-2)14-21-28-24-22(17-9-7-8-10-20(17)34-24)25(32)30(21)15(3)23(31)27-16-11-12-19(33-4)18(26)13-16/h11-13,15H,5-10,14H2,1-4H3,(H,27,31). The van der Waals surface area contributed by atoms with E-state index in [-0.39, 0.29) is 11.5 Å². The summed E-state index contributed by atoms with van der Waals surface area (Å²) in [6, 6.07) is 4.33. The number of halogens is 1. The van der Waals surface area contributed by atoms with Gasteiger partial charge in [-0.2, -0.15) is 0 Å². The number of methoxy groups -OCH3 is 1. The summed E-state index contributed by atoms with van der Waals surface area (Å²) in [4.78, 5) is 36.4. The largest absolute Gasteiger partial charge is 0.495 e. The van der Waals surface area contributed by atoms with Crippen LogP contribution in [0.5, 0.6) is 5.75 Å². The fourth-order valence-corrected chi connectivity index (χ4v) is 6.05. The highest BCUT2D eigenvalue weighted by atomic mass is 35.5. The Kier molecular flexibility index (Phi) is 7.60. The van der Waals surface area contributed by atoms with Crippen LogP contribution in [-0.2, 0) is 24.2 Å². The molecule has 1 aromatic carbocycles. The van der Waals surface area contributed by atoms with E-state index in [0.29, 0.717) is 34.2 Å². The number of rotatable bonds is 8. The summed E-state index contributed by atoms with van der Waals surface area (Å²) in [7, 11) is 1.54. The number of carbonyl (C=O) groups excluding carboxylic acids is 1. The maximum Gasteiger partial charge on any atom is 0.263 e. The molecule has 0 aliphatic heterocycles. The molecule has 3 aromatic rings. The van der Waals surface area contributed by atoms with Crippen molar-refractivity contribution in [3.05, 3.63) is 49.8 Å². The summed E-state index contributed by atoms with van der Waals surface area (Å²) in [5, 5.41) is 3.99. The lowest BCUT2D eigenvalue weighted by atomic mass is 9.97. The number of thiophene rings is 1. The first-order valence-corrected chi connectivity index (χ1v) is 13.0. The van der Waals surface area contributed by atoms with Gasteiger partial charge >= 0.3 is 0 Å². The van der Waals surface area contributed by atoms with Crippen LogP contribution in [0.3, 0.4) is 0 Å². The molecule has 0 saturated heterocycles. The van der Waals surface area contributed by atoms with E-state index in [2.05, 4.69) is 24.1 Å². The van der Waals surface area contributed by atoms with Crippen molar-refractivity contribution < 1.29 is 9.53 Å². The minimum Gasteiger partial charge on any atom is -0.495 e. The predicted molar refractivity (Wildman–Crippen MR) is 138 cm³/mol. The second-order valence-electron chi connectivity index (χ2n) is 8.57. The van der Waals surface area contributed by atoms with Gasteiger partial charge in [0.25, 0.3) is 5.56 Å². The molecule has 0 bridgehead atoms. The molecule has 2 aromatic heterocycles. The van der Waals surface area contributed by atoms with Gasteiger partial charge in [-0.1, -0.05) is 25.4 Å². The Hall–Kier alpha value is -2.42. The van der Waals surface area contributed by atoms with Gasteiger partial charge in [0.05, 0.1) is 24.1 Å². The number of aryl methyl sites for hydroxylation is 2. The first kappa shape index (κ1) is 24.7. The minimum atomic E-state index is -0.741. The Morgan fingerprint density at radius 1 is 1.29 bits per heavy atom. The van der Waals surface area contributed by atoms with Crippen LogP contribution in [0.25, 0.3) is 10.2 Å². The van der Waals surface area contributed by atoms with E-state index in [1.54, 1.807) is 41.0 Å². The Morgan fingerprint density at radius 2 is 2.03 bits per heavy atom. The lowest BCUT2D eigenvalue weighted by molar-refractivity contribution is -0.119. The predicted octanol–water partition coefficient (Wildman–Crippen LogP) is 5.04. The van der Waals surface area contributed by atoms with Crippen LogP contribution in [-0.4, -0.2) is 40.6 Å². The zero-order valence-corrected chi connectivity index (χ0v) is 21.7. The maximum absolute atomic E-state index is 13.9. The number of nitrogens with one attached hydrogen (secondary N) is 1. The molecule has 0 radical (unpaired) electrons. The molecule has 7 nitrogen and oxygen atoms in total. The van der Waals surface area contributed by atoms with E-state index in [1.807, 2.05) is 0 Å². The topological polar surface area (TPSA) is 76.5 Å². The molecule has 4 rings (SSSR count). The fourth-order valence-electron chi connectivity index (χ4n) is 4.53. The number of amides is 1. The highest BCUT2D eigenvalue weighted by Crippen LogP contribution is 2.34. The Balaban J connectivity index is 1.76. The van der Waals surface area contributed by atoms with Crippen molar-refractivity contribution in [3.8, 4) is 5.75 Å². The molecule has 1 unspecified atom stereocenters. The molecule has 34 heavy (non-hydrogen) atoms. The first-order chi connectivity index (χ1) is 16.4. The van der Waals surface area contributed by atoms with Gasteiger partial charge in [0.1, 0.15) is 22.4 Å². The van der Waals surface area contributed by atoms with Crippen LogP contribution in [0.15, 0.2) is 23.0 Å². The van der Waals surface area contributed by atoms with Crippen molar-refractivity contribution in [1.29, 1.82) is 0 Å². The fraction of sp³-hybridized carbons (Fsp3) is 0.480. The van der Waals surface area contributed by atoms with Gasteiger partial charge in [-0.05, 0) is 69.5 Å². The number of anilines is 1. The number of hydrogen-bond donors (Lipinski definition) is 1. The minimum absolute atomic E-state index is 0.123. The number of benzene rings is 1. The third-order valence-corrected chi connectivity index (χ3v) is 8.02. The van der Waals surface area contributed by atoms with Gasteiger partial charge in [0, 0.05) is 10.6 Å². The average Bonchev–Trinajstić information content (AvgIpc) is 3.21. The first-order valence-electron chi connectivity index (χ1n) is 11.8. The summed E-state index contributed by atoms with van der Waals surface area (Å²) >= 11 is 7.86. The summed E-state index contributed by atoms with van der Waals surface area (Å²) in [5.41, 5.74) is 1.55. The van der Waals surface area contributed by atoms with E-state index in [9.17, 15) is 9.59 Å². The molecular weight excluding hydrogens is 472 g/mol. The third kappa shape index (κ3) is 4.72. The highest BCUT2D eigenvalue weighted by molar-refractivity contribution is 7.18. The SMILES string of the molecule is CCN(CC)Cc1nc2sc3c(c2c(=O)n1C(C)C(=O)Nc1ccc(OC)c(Cl)c1)CCCC3. The van der Waals surface area contributed by atoms with Crippen molar-refractivity contribution in [3.63, 3.8) is 0 Å². The normalized spacial score (nSPS) is 14.3. The summed E-state index contributed by atoms with van der Waals surface area (Å²) in [6.45, 7) is 8.08. The van der Waals surface area contributed by atoms with Crippen molar-refractivity contribution in [2.45, 2.75) is 59.0 Å². The summed E-state index contributed by atoms with van der Waals surface area (Å²) in [6.07, 6.45) is 4.11. The van der Waals surface area contributed by atoms with Crippen LogP contribution >= 0.6 is 22.9 Å². The Bertz CT molecular complexity index is 1270. The quantitative estimate of drug-likeness (QED) is 0.467. The Morgan fingerprint density at radius 3 is 2.71 bits per heavy atom. The molecule has 0 saturated carbocycles. The number of carbonyl (C=O) groups is 1. The molecule has 1 aliphatic carbocycles. The van der Waals surface area contributed by atoms with E-state index >= 15 is 0 Å². The van der Waals surface area contributed by atoms with Crippen molar-refractivity contribution in [2.75, 3.05) is 25.5 Å². The molecule has 1 N–H and O–H groups in total. The second kappa shape index (κ2) is 10.5. The molecule has 9 heteroatoms. The van der Waals surface area contributed by atoms with Crippen LogP contribution in [0.2, 0.25) is 5.02 Å². The van der Waals surface area contributed by atoms with Crippen LogP contribution in [0, 0.1) is 0 Å². The average molecular weight is 503 g/mol. The third-order valence-electron chi connectivity index (χ3n) is 6.54. The highest BCUT2D eigenvalue weighted by Gasteiger charge is 2.27. The van der Waals surface area contributed by atoms with Gasteiger partial charge in [-0.25, -0.2) is 4.98 Å². The molecule has 1 amide bonds. The van der Waals surface area contributed by atoms with Gasteiger partial charge in [-0.3, -0.25) is 19.1 Å².